The molecule has 2 saturated heterocycles. The van der Waals surface area contributed by atoms with E-state index in [4.69, 9.17) is 9.47 Å². The van der Waals surface area contributed by atoms with E-state index in [1.807, 2.05) is 30.3 Å². The van der Waals surface area contributed by atoms with E-state index in [-0.39, 0.29) is 17.9 Å². The Balaban J connectivity index is 1.54. The van der Waals surface area contributed by atoms with Gasteiger partial charge in [-0.1, -0.05) is 35.5 Å². The van der Waals surface area contributed by atoms with Gasteiger partial charge in [-0.05, 0) is 24.1 Å². The maximum Gasteiger partial charge on any atom is 0.204 e. The first-order chi connectivity index (χ1) is 16.4. The highest BCUT2D eigenvalue weighted by atomic mass is 19.2. The van der Waals surface area contributed by atoms with Crippen molar-refractivity contribution in [2.45, 2.75) is 42.5 Å². The molecule has 0 aliphatic carbocycles. The molecule has 0 saturated carbocycles. The normalized spacial score (nSPS) is 31.3. The molecule has 6 atom stereocenters. The molecule has 180 valence electrons. The molecule has 1 aromatic heterocycles. The molecule has 0 radical (unpaired) electrons. The van der Waals surface area contributed by atoms with Gasteiger partial charge in [0.05, 0.1) is 19.4 Å². The topological polar surface area (TPSA) is 110 Å². The molecular weight excluding hydrogens is 455 g/mol. The van der Waals surface area contributed by atoms with E-state index < -0.39 is 60.1 Å². The van der Waals surface area contributed by atoms with Crippen LogP contribution in [-0.2, 0) is 9.47 Å². The summed E-state index contributed by atoms with van der Waals surface area (Å²) < 4.78 is 53.8. The third-order valence-electron chi connectivity index (χ3n) is 6.50. The van der Waals surface area contributed by atoms with Crippen LogP contribution in [0, 0.1) is 17.5 Å². The molecule has 2 aliphatic rings. The zero-order chi connectivity index (χ0) is 24.0. The van der Waals surface area contributed by atoms with Crippen LogP contribution in [0.2, 0.25) is 0 Å². The van der Waals surface area contributed by atoms with Crippen molar-refractivity contribution < 1.29 is 38.0 Å². The molecule has 0 unspecified atom stereocenters. The van der Waals surface area contributed by atoms with Gasteiger partial charge < -0.3 is 24.8 Å². The number of aromatic nitrogens is 3. The highest BCUT2D eigenvalue weighted by Gasteiger charge is 2.61. The minimum Gasteiger partial charge on any atom is -0.394 e. The van der Waals surface area contributed by atoms with E-state index >= 15 is 0 Å². The molecule has 2 aliphatic heterocycles. The highest BCUT2D eigenvalue weighted by Crippen LogP contribution is 2.50. The van der Waals surface area contributed by atoms with E-state index in [1.54, 1.807) is 0 Å². The van der Waals surface area contributed by atoms with E-state index in [1.165, 1.54) is 6.20 Å². The Morgan fingerprint density at radius 2 is 1.79 bits per heavy atom. The predicted octanol–water partition coefficient (Wildman–Crippen LogP) is 1.92. The quantitative estimate of drug-likeness (QED) is 0.493. The summed E-state index contributed by atoms with van der Waals surface area (Å²) in [4.78, 5) is 0. The summed E-state index contributed by atoms with van der Waals surface area (Å²) in [5, 5.41) is 40.0. The van der Waals surface area contributed by atoms with Crippen molar-refractivity contribution in [3.05, 3.63) is 71.7 Å². The number of halogens is 3. The molecule has 3 heterocycles. The van der Waals surface area contributed by atoms with Gasteiger partial charge in [-0.2, -0.15) is 0 Å². The third kappa shape index (κ3) is 3.60. The minimum atomic E-state index is -1.61. The monoisotopic (exact) mass is 477 g/mol. The van der Waals surface area contributed by atoms with Crippen LogP contribution in [-0.4, -0.2) is 67.6 Å². The number of nitrogens with zero attached hydrogens (tertiary/aromatic N) is 3. The highest BCUT2D eigenvalue weighted by molar-refractivity contribution is 5.58. The summed E-state index contributed by atoms with van der Waals surface area (Å²) in [6, 6.07) is 9.65. The first-order valence-electron chi connectivity index (χ1n) is 10.8. The fraction of sp³-hybridized carbons (Fsp3) is 0.391. The van der Waals surface area contributed by atoms with Gasteiger partial charge >= 0.3 is 0 Å². The largest absolute Gasteiger partial charge is 0.394 e. The number of aliphatic hydroxyl groups is 3. The van der Waals surface area contributed by atoms with Crippen molar-refractivity contribution in [1.82, 2.24) is 15.0 Å². The van der Waals surface area contributed by atoms with Crippen LogP contribution in [0.5, 0.6) is 0 Å². The molecule has 0 bridgehead atoms. The zero-order valence-electron chi connectivity index (χ0n) is 17.8. The smallest absolute Gasteiger partial charge is 0.204 e. The van der Waals surface area contributed by atoms with Gasteiger partial charge in [0.2, 0.25) is 5.79 Å². The first kappa shape index (κ1) is 22.9. The Morgan fingerprint density at radius 3 is 2.47 bits per heavy atom. The third-order valence-corrected chi connectivity index (χ3v) is 6.50. The fourth-order valence-electron chi connectivity index (χ4n) is 4.86. The molecule has 2 aromatic carbocycles. The molecule has 3 N–H and O–H groups in total. The standard InChI is InChI=1S/C23H22F3N3O5/c24-15-8-13(9-16(25)19(15)26)17-10-29(28-27-17)20-21(31)18(11-30)34-23(22(20)32)14(6-7-33-23)12-4-2-1-3-5-12/h1-5,8-10,14,18,20-22,30-32H,6-7,11H2/t14-,18+,20-,21-,22+,23-/m0/s1. The molecule has 8 nitrogen and oxygen atoms in total. The SMILES string of the molecule is OC[C@H]1O[C@]2(OCC[C@H]2c2ccccc2)[C@H](O)[C@@H](n2cc(-c3cc(F)c(F)c(F)c3)nn2)[C@H]1O. The first-order valence-corrected chi connectivity index (χ1v) is 10.8. The second-order valence-corrected chi connectivity index (χ2v) is 8.42. The van der Waals surface area contributed by atoms with Gasteiger partial charge in [0.25, 0.3) is 0 Å². The number of aliphatic hydroxyl groups excluding tert-OH is 3. The van der Waals surface area contributed by atoms with Crippen LogP contribution in [0.15, 0.2) is 48.7 Å². The number of hydrogen-bond acceptors (Lipinski definition) is 7. The van der Waals surface area contributed by atoms with Crippen LogP contribution < -0.4 is 0 Å². The average molecular weight is 477 g/mol. The number of rotatable bonds is 4. The minimum absolute atomic E-state index is 0.00904. The summed E-state index contributed by atoms with van der Waals surface area (Å²) in [5.41, 5.74) is 0.763. The zero-order valence-corrected chi connectivity index (χ0v) is 17.8. The van der Waals surface area contributed by atoms with Crippen LogP contribution in [0.3, 0.4) is 0 Å². The Labute approximate surface area is 192 Å². The maximum atomic E-state index is 13.7. The lowest BCUT2D eigenvalue weighted by Gasteiger charge is -2.49. The van der Waals surface area contributed by atoms with Gasteiger partial charge in [-0.15, -0.1) is 5.10 Å². The lowest BCUT2D eigenvalue weighted by molar-refractivity contribution is -0.344. The van der Waals surface area contributed by atoms with Crippen molar-refractivity contribution in [2.75, 3.05) is 13.2 Å². The number of benzene rings is 2. The Bertz CT molecular complexity index is 1160. The van der Waals surface area contributed by atoms with Crippen molar-refractivity contribution in [3.8, 4) is 11.3 Å². The lowest BCUT2D eigenvalue weighted by Crippen LogP contribution is -2.64. The van der Waals surface area contributed by atoms with Gasteiger partial charge in [0.15, 0.2) is 17.5 Å². The summed E-state index contributed by atoms with van der Waals surface area (Å²) >= 11 is 0. The molecule has 34 heavy (non-hydrogen) atoms. The fourth-order valence-corrected chi connectivity index (χ4v) is 4.86. The summed E-state index contributed by atoms with van der Waals surface area (Å²) in [5.74, 6) is -6.38. The second kappa shape index (κ2) is 8.75. The summed E-state index contributed by atoms with van der Waals surface area (Å²) in [6.45, 7) is -0.290. The van der Waals surface area contributed by atoms with Crippen molar-refractivity contribution in [2.24, 2.45) is 0 Å². The molecule has 2 fully saturated rings. The second-order valence-electron chi connectivity index (χ2n) is 8.42. The van der Waals surface area contributed by atoms with E-state index in [2.05, 4.69) is 10.3 Å². The van der Waals surface area contributed by atoms with Crippen LogP contribution in [0.1, 0.15) is 23.9 Å². The van der Waals surface area contributed by atoms with Crippen LogP contribution >= 0.6 is 0 Å². The lowest BCUT2D eigenvalue weighted by atomic mass is 9.80. The van der Waals surface area contributed by atoms with Crippen LogP contribution in [0.25, 0.3) is 11.3 Å². The Hall–Kier alpha value is -2.83. The van der Waals surface area contributed by atoms with Crippen molar-refractivity contribution >= 4 is 0 Å². The van der Waals surface area contributed by atoms with E-state index in [0.29, 0.717) is 6.42 Å². The number of hydrogen-bond donors (Lipinski definition) is 3. The molecule has 11 heteroatoms. The predicted molar refractivity (Wildman–Crippen MR) is 111 cm³/mol. The number of ether oxygens (including phenoxy) is 2. The van der Waals surface area contributed by atoms with Gasteiger partial charge in [0.1, 0.15) is 30.0 Å². The van der Waals surface area contributed by atoms with Gasteiger partial charge in [-0.3, -0.25) is 0 Å². The molecule has 3 aromatic rings. The summed E-state index contributed by atoms with van der Waals surface area (Å²) in [6.07, 6.45) is -2.19. The molecule has 5 rings (SSSR count). The average Bonchev–Trinajstić information content (AvgIpc) is 3.49. The van der Waals surface area contributed by atoms with Gasteiger partial charge in [-0.25, -0.2) is 17.9 Å². The van der Waals surface area contributed by atoms with Gasteiger partial charge in [0, 0.05) is 11.5 Å². The molecule has 0 amide bonds. The molecule has 1 spiro atoms. The van der Waals surface area contributed by atoms with Crippen molar-refractivity contribution in [3.63, 3.8) is 0 Å². The molecular formula is C23H22F3N3O5. The van der Waals surface area contributed by atoms with E-state index in [9.17, 15) is 28.5 Å². The maximum absolute atomic E-state index is 13.7. The van der Waals surface area contributed by atoms with Crippen LogP contribution in [0.4, 0.5) is 13.2 Å². The van der Waals surface area contributed by atoms with Crippen molar-refractivity contribution in [1.29, 1.82) is 0 Å². The Kier molecular flexibility index (Phi) is 5.90. The Morgan fingerprint density at radius 1 is 1.09 bits per heavy atom. The van der Waals surface area contributed by atoms with E-state index in [0.717, 1.165) is 22.4 Å². The summed E-state index contributed by atoms with van der Waals surface area (Å²) in [7, 11) is 0.